The van der Waals surface area contributed by atoms with Crippen LogP contribution in [0.2, 0.25) is 0 Å². The number of amides is 1. The molecule has 8 nitrogen and oxygen atoms in total. The lowest BCUT2D eigenvalue weighted by Crippen LogP contribution is -2.63. The highest BCUT2D eigenvalue weighted by Gasteiger charge is 2.34. The fraction of sp³-hybridized carbons (Fsp3) is 0.526. The summed E-state index contributed by atoms with van der Waals surface area (Å²) in [6.45, 7) is 7.57. The maximum atomic E-state index is 12.0. The third kappa shape index (κ3) is 5.98. The van der Waals surface area contributed by atoms with Gasteiger partial charge in [0.15, 0.2) is 5.96 Å². The van der Waals surface area contributed by atoms with E-state index in [9.17, 15) is 4.79 Å². The van der Waals surface area contributed by atoms with Gasteiger partial charge in [-0.3, -0.25) is 4.99 Å². The Morgan fingerprint density at radius 1 is 1.36 bits per heavy atom. The van der Waals surface area contributed by atoms with Gasteiger partial charge in [0.25, 0.3) is 0 Å². The first-order valence-corrected chi connectivity index (χ1v) is 9.22. The van der Waals surface area contributed by atoms with E-state index < -0.39 is 5.60 Å². The number of aromatic nitrogens is 2. The molecule has 0 saturated carbocycles. The number of nitrogens with zero attached hydrogens (tertiary/aromatic N) is 4. The van der Waals surface area contributed by atoms with Gasteiger partial charge in [-0.05, 0) is 32.9 Å². The van der Waals surface area contributed by atoms with Crippen molar-refractivity contribution in [2.75, 3.05) is 26.7 Å². The van der Waals surface area contributed by atoms with Crippen molar-refractivity contribution < 1.29 is 9.53 Å². The van der Waals surface area contributed by atoms with E-state index in [0.717, 1.165) is 30.3 Å². The molecule has 2 aromatic rings. The number of aliphatic imine (C=N–C) groups is 1. The summed E-state index contributed by atoms with van der Waals surface area (Å²) in [5.74, 6) is 0.729. The number of hydrogen-bond acceptors (Lipinski definition) is 4. The summed E-state index contributed by atoms with van der Waals surface area (Å²) in [5.41, 5.74) is 1.51. The Hall–Kier alpha value is -2.04. The van der Waals surface area contributed by atoms with Crippen LogP contribution in [0.25, 0.3) is 5.65 Å². The van der Waals surface area contributed by atoms with Crippen LogP contribution in [0.5, 0.6) is 0 Å². The summed E-state index contributed by atoms with van der Waals surface area (Å²) in [5, 5.41) is 6.63. The minimum atomic E-state index is -0.467. The summed E-state index contributed by atoms with van der Waals surface area (Å²) in [7, 11) is 1.74. The number of likely N-dealkylation sites (tertiary alicyclic amines) is 1. The van der Waals surface area contributed by atoms with Gasteiger partial charge in [0.2, 0.25) is 0 Å². The van der Waals surface area contributed by atoms with Gasteiger partial charge in [0, 0.05) is 45.5 Å². The molecule has 1 fully saturated rings. The van der Waals surface area contributed by atoms with Crippen LogP contribution in [-0.4, -0.2) is 64.7 Å². The molecule has 3 heterocycles. The Bertz CT molecular complexity index is 790. The van der Waals surface area contributed by atoms with E-state index in [0.29, 0.717) is 13.1 Å². The molecule has 2 aromatic heterocycles. The molecule has 28 heavy (non-hydrogen) atoms. The zero-order valence-corrected chi connectivity index (χ0v) is 19.1. The molecule has 0 unspecified atom stereocenters. The molecule has 0 atom stereocenters. The molecule has 1 aliphatic rings. The molecule has 1 amide bonds. The van der Waals surface area contributed by atoms with Gasteiger partial charge in [0.1, 0.15) is 11.2 Å². The SMILES string of the molecule is CN=C(NCCc1cn2ccccc2n1)NC1CN(C(=O)OC(C)(C)C)C1.I. The average molecular weight is 500 g/mol. The molecule has 3 rings (SSSR count). The number of guanidine groups is 1. The van der Waals surface area contributed by atoms with E-state index in [-0.39, 0.29) is 36.1 Å². The fourth-order valence-electron chi connectivity index (χ4n) is 2.85. The van der Waals surface area contributed by atoms with Crippen molar-refractivity contribution in [3.05, 3.63) is 36.3 Å². The topological polar surface area (TPSA) is 83.3 Å². The highest BCUT2D eigenvalue weighted by atomic mass is 127. The van der Waals surface area contributed by atoms with Gasteiger partial charge in [-0.2, -0.15) is 0 Å². The molecule has 9 heteroatoms. The molecule has 0 bridgehead atoms. The quantitative estimate of drug-likeness (QED) is 0.383. The first-order chi connectivity index (χ1) is 12.8. The number of imidazole rings is 1. The number of nitrogens with one attached hydrogen (secondary N) is 2. The lowest BCUT2D eigenvalue weighted by atomic mass is 10.1. The molecular weight excluding hydrogens is 471 g/mol. The zero-order chi connectivity index (χ0) is 19.4. The smallest absolute Gasteiger partial charge is 0.410 e. The minimum Gasteiger partial charge on any atom is -0.444 e. The normalized spacial score (nSPS) is 15.0. The summed E-state index contributed by atoms with van der Waals surface area (Å²) < 4.78 is 7.38. The van der Waals surface area contributed by atoms with Crippen LogP contribution >= 0.6 is 24.0 Å². The number of hydrogen-bond donors (Lipinski definition) is 2. The van der Waals surface area contributed by atoms with Gasteiger partial charge in [-0.25, -0.2) is 9.78 Å². The zero-order valence-electron chi connectivity index (χ0n) is 16.8. The molecule has 1 aliphatic heterocycles. The van der Waals surface area contributed by atoms with Crippen molar-refractivity contribution >= 4 is 41.7 Å². The lowest BCUT2D eigenvalue weighted by molar-refractivity contribution is 0.00701. The van der Waals surface area contributed by atoms with Crippen molar-refractivity contribution in [3.63, 3.8) is 0 Å². The van der Waals surface area contributed by atoms with E-state index in [1.54, 1.807) is 11.9 Å². The lowest BCUT2D eigenvalue weighted by Gasteiger charge is -2.40. The van der Waals surface area contributed by atoms with Crippen molar-refractivity contribution in [3.8, 4) is 0 Å². The van der Waals surface area contributed by atoms with Crippen LogP contribution < -0.4 is 10.6 Å². The number of carbonyl (C=O) groups excluding carboxylic acids is 1. The Balaban J connectivity index is 0.00000280. The molecule has 0 spiro atoms. The van der Waals surface area contributed by atoms with Crippen LogP contribution in [0.1, 0.15) is 26.5 Å². The highest BCUT2D eigenvalue weighted by molar-refractivity contribution is 14.0. The Morgan fingerprint density at radius 2 is 2.11 bits per heavy atom. The van der Waals surface area contributed by atoms with Crippen molar-refractivity contribution in [2.45, 2.75) is 38.8 Å². The molecule has 154 valence electrons. The highest BCUT2D eigenvalue weighted by Crippen LogP contribution is 2.15. The number of pyridine rings is 1. The van der Waals surface area contributed by atoms with Crippen molar-refractivity contribution in [1.82, 2.24) is 24.9 Å². The van der Waals surface area contributed by atoms with Gasteiger partial charge < -0.3 is 24.7 Å². The molecule has 0 radical (unpaired) electrons. The monoisotopic (exact) mass is 500 g/mol. The second kappa shape index (κ2) is 9.44. The summed E-state index contributed by atoms with van der Waals surface area (Å²) in [4.78, 5) is 22.5. The molecule has 0 aliphatic carbocycles. The second-order valence-electron chi connectivity index (χ2n) is 7.67. The first kappa shape index (κ1) is 22.3. The van der Waals surface area contributed by atoms with Gasteiger partial charge in [-0.15, -0.1) is 24.0 Å². The standard InChI is InChI=1S/C19H28N6O2.HI/c1-19(2,3)27-18(26)25-12-15(13-25)23-17(20-4)21-9-8-14-11-24-10-6-5-7-16(24)22-14;/h5-7,10-11,15H,8-9,12-13H2,1-4H3,(H2,20,21,23);1H. The average Bonchev–Trinajstić information content (AvgIpc) is 2.96. The number of fused-ring (bicyclic) bond motifs is 1. The van der Waals surface area contributed by atoms with E-state index in [1.165, 1.54) is 0 Å². The first-order valence-electron chi connectivity index (χ1n) is 9.22. The molecule has 1 saturated heterocycles. The largest absolute Gasteiger partial charge is 0.444 e. The van der Waals surface area contributed by atoms with Crippen LogP contribution in [0, 0.1) is 0 Å². The third-order valence-electron chi connectivity index (χ3n) is 4.19. The number of halogens is 1. The van der Waals surface area contributed by atoms with E-state index in [1.807, 2.05) is 55.8 Å². The number of carbonyl (C=O) groups is 1. The Labute approximate surface area is 182 Å². The van der Waals surface area contributed by atoms with Crippen molar-refractivity contribution in [2.24, 2.45) is 4.99 Å². The number of rotatable bonds is 4. The maximum Gasteiger partial charge on any atom is 0.410 e. The molecular formula is C19H29IN6O2. The Kier molecular flexibility index (Phi) is 7.50. The molecule has 2 N–H and O–H groups in total. The van der Waals surface area contributed by atoms with Crippen LogP contribution in [0.15, 0.2) is 35.6 Å². The van der Waals surface area contributed by atoms with E-state index >= 15 is 0 Å². The van der Waals surface area contributed by atoms with Crippen LogP contribution in [-0.2, 0) is 11.2 Å². The summed E-state index contributed by atoms with van der Waals surface area (Å²) in [6, 6.07) is 6.14. The summed E-state index contributed by atoms with van der Waals surface area (Å²) >= 11 is 0. The van der Waals surface area contributed by atoms with E-state index in [4.69, 9.17) is 4.74 Å². The number of ether oxygens (including phenoxy) is 1. The van der Waals surface area contributed by atoms with Gasteiger partial charge in [-0.1, -0.05) is 6.07 Å². The van der Waals surface area contributed by atoms with E-state index in [2.05, 4.69) is 20.6 Å². The van der Waals surface area contributed by atoms with Crippen LogP contribution in [0.3, 0.4) is 0 Å². The minimum absolute atomic E-state index is 0. The predicted molar refractivity (Wildman–Crippen MR) is 120 cm³/mol. The van der Waals surface area contributed by atoms with Gasteiger partial charge >= 0.3 is 6.09 Å². The predicted octanol–water partition coefficient (Wildman–Crippen LogP) is 2.28. The van der Waals surface area contributed by atoms with Crippen LogP contribution in [0.4, 0.5) is 4.79 Å². The summed E-state index contributed by atoms with van der Waals surface area (Å²) in [6.07, 6.45) is 4.57. The van der Waals surface area contributed by atoms with Crippen molar-refractivity contribution in [1.29, 1.82) is 0 Å². The Morgan fingerprint density at radius 3 is 2.75 bits per heavy atom. The molecule has 0 aromatic carbocycles. The fourth-order valence-corrected chi connectivity index (χ4v) is 2.85. The maximum absolute atomic E-state index is 12.0. The third-order valence-corrected chi connectivity index (χ3v) is 4.19. The second-order valence-corrected chi connectivity index (χ2v) is 7.67. The van der Waals surface area contributed by atoms with Gasteiger partial charge in [0.05, 0.1) is 11.7 Å².